The molecule has 0 saturated carbocycles. The van der Waals surface area contributed by atoms with Crippen molar-refractivity contribution < 1.29 is 12.8 Å². The average molecular weight is 386 g/mol. The van der Waals surface area contributed by atoms with Crippen LogP contribution in [0.1, 0.15) is 5.56 Å². The maximum absolute atomic E-state index is 13.4. The van der Waals surface area contributed by atoms with Gasteiger partial charge in [-0.05, 0) is 42.0 Å². The molecule has 0 aliphatic heterocycles. The second kappa shape index (κ2) is 6.34. The molecule has 4 aromatic rings. The van der Waals surface area contributed by atoms with Crippen LogP contribution in [0.15, 0.2) is 54.7 Å². The number of rotatable bonds is 4. The van der Waals surface area contributed by atoms with Gasteiger partial charge in [-0.2, -0.15) is 0 Å². The number of pyridine rings is 1. The molecule has 4 nitrogen and oxygen atoms in total. The number of hydrogen-bond acceptors (Lipinski definition) is 5. The minimum Gasteiger partial charge on any atom is -0.340 e. The largest absolute Gasteiger partial charge is 0.340 e. The molecule has 0 bridgehead atoms. The lowest BCUT2D eigenvalue weighted by atomic mass is 10.2. The van der Waals surface area contributed by atoms with E-state index in [1.54, 1.807) is 24.4 Å². The normalized spacial score (nSPS) is 11.9. The van der Waals surface area contributed by atoms with Gasteiger partial charge < -0.3 is 5.32 Å². The number of fused-ring (bicyclic) bond motifs is 3. The smallest absolute Gasteiger partial charge is 0.151 e. The molecule has 1 N–H and O–H groups in total. The first-order valence-corrected chi connectivity index (χ1v) is 10.8. The van der Waals surface area contributed by atoms with E-state index in [0.29, 0.717) is 5.82 Å². The Kier molecular flexibility index (Phi) is 4.13. The lowest BCUT2D eigenvalue weighted by Crippen LogP contribution is -2.01. The maximum atomic E-state index is 13.4. The van der Waals surface area contributed by atoms with Crippen molar-refractivity contribution in [1.82, 2.24) is 4.98 Å². The fraction of sp³-hybridized carbons (Fsp3) is 0.105. The van der Waals surface area contributed by atoms with Gasteiger partial charge in [0.05, 0.1) is 10.5 Å². The molecular weight excluding hydrogens is 371 g/mol. The van der Waals surface area contributed by atoms with Gasteiger partial charge in [0.2, 0.25) is 0 Å². The molecule has 0 aliphatic carbocycles. The van der Waals surface area contributed by atoms with Crippen LogP contribution in [-0.4, -0.2) is 19.7 Å². The molecule has 0 saturated heterocycles. The molecule has 2 aromatic heterocycles. The van der Waals surface area contributed by atoms with Gasteiger partial charge in [0.25, 0.3) is 0 Å². The van der Waals surface area contributed by atoms with E-state index >= 15 is 0 Å². The van der Waals surface area contributed by atoms with Gasteiger partial charge in [-0.25, -0.2) is 17.8 Å². The highest BCUT2D eigenvalue weighted by Gasteiger charge is 2.09. The third-order valence-corrected chi connectivity index (χ3v) is 5.91. The highest BCUT2D eigenvalue weighted by atomic mass is 32.2. The fourth-order valence-electron chi connectivity index (χ4n) is 2.91. The summed E-state index contributed by atoms with van der Waals surface area (Å²) in [5, 5.41) is 5.21. The van der Waals surface area contributed by atoms with Gasteiger partial charge in [-0.3, -0.25) is 0 Å². The molecule has 2 aromatic carbocycles. The molecule has 2 heterocycles. The molecule has 26 heavy (non-hydrogen) atoms. The summed E-state index contributed by atoms with van der Waals surface area (Å²) in [6.45, 7) is 0. The first kappa shape index (κ1) is 16.9. The van der Waals surface area contributed by atoms with Crippen LogP contribution in [0.3, 0.4) is 0 Å². The van der Waals surface area contributed by atoms with Gasteiger partial charge in [0.1, 0.15) is 11.6 Å². The SMILES string of the molecule is CS(=O)(=O)Cc1cccc(Nc2cc3c(cn2)sc2cc(F)ccc23)c1. The predicted molar refractivity (Wildman–Crippen MR) is 105 cm³/mol. The highest BCUT2D eigenvalue weighted by molar-refractivity contribution is 7.89. The van der Waals surface area contributed by atoms with E-state index < -0.39 is 9.84 Å². The third kappa shape index (κ3) is 3.54. The van der Waals surface area contributed by atoms with Gasteiger partial charge in [-0.15, -0.1) is 11.3 Å². The molecule has 132 valence electrons. The van der Waals surface area contributed by atoms with E-state index in [4.69, 9.17) is 0 Å². The van der Waals surface area contributed by atoms with Crippen molar-refractivity contribution in [3.8, 4) is 0 Å². The van der Waals surface area contributed by atoms with E-state index in [1.165, 1.54) is 29.7 Å². The zero-order valence-electron chi connectivity index (χ0n) is 13.9. The van der Waals surface area contributed by atoms with E-state index in [-0.39, 0.29) is 11.6 Å². The molecule has 0 atom stereocenters. The van der Waals surface area contributed by atoms with Crippen LogP contribution in [-0.2, 0) is 15.6 Å². The summed E-state index contributed by atoms with van der Waals surface area (Å²) < 4.78 is 38.2. The molecule has 0 unspecified atom stereocenters. The van der Waals surface area contributed by atoms with Gasteiger partial charge in [-0.1, -0.05) is 12.1 Å². The van der Waals surface area contributed by atoms with E-state index in [2.05, 4.69) is 10.3 Å². The number of hydrogen-bond donors (Lipinski definition) is 1. The number of halogens is 1. The fourth-order valence-corrected chi connectivity index (χ4v) is 4.78. The first-order chi connectivity index (χ1) is 12.4. The van der Waals surface area contributed by atoms with Crippen LogP contribution in [0.4, 0.5) is 15.9 Å². The Morgan fingerprint density at radius 3 is 2.73 bits per heavy atom. The summed E-state index contributed by atoms with van der Waals surface area (Å²) in [7, 11) is -3.09. The molecule has 0 spiro atoms. The number of aromatic nitrogens is 1. The van der Waals surface area contributed by atoms with Gasteiger partial charge in [0, 0.05) is 33.6 Å². The third-order valence-electron chi connectivity index (χ3n) is 3.95. The summed E-state index contributed by atoms with van der Waals surface area (Å²) in [5.74, 6) is 0.395. The summed E-state index contributed by atoms with van der Waals surface area (Å²) in [4.78, 5) is 4.41. The second-order valence-corrected chi connectivity index (χ2v) is 9.43. The first-order valence-electron chi connectivity index (χ1n) is 7.89. The van der Waals surface area contributed by atoms with Gasteiger partial charge in [0.15, 0.2) is 9.84 Å². The topological polar surface area (TPSA) is 59.1 Å². The van der Waals surface area contributed by atoms with Crippen LogP contribution in [0.25, 0.3) is 20.2 Å². The molecule has 0 radical (unpaired) electrons. The Labute approximate surface area is 154 Å². The quantitative estimate of drug-likeness (QED) is 0.543. The minimum atomic E-state index is -3.09. The van der Waals surface area contributed by atoms with Crippen molar-refractivity contribution >= 4 is 52.9 Å². The predicted octanol–water partition coefficient (Wildman–Crippen LogP) is 4.88. The van der Waals surface area contributed by atoms with Crippen molar-refractivity contribution in [3.63, 3.8) is 0 Å². The van der Waals surface area contributed by atoms with Crippen LogP contribution in [0, 0.1) is 5.82 Å². The van der Waals surface area contributed by atoms with Crippen LogP contribution < -0.4 is 5.32 Å². The standard InChI is InChI=1S/C19H15FN2O2S2/c1-26(23,24)11-12-3-2-4-14(7-12)22-19-9-16-15-6-5-13(20)8-17(15)25-18(16)10-21-19/h2-10H,11H2,1H3,(H,21,22). The molecule has 7 heteroatoms. The number of thiophene rings is 1. The Bertz CT molecular complexity index is 1230. The van der Waals surface area contributed by atoms with Crippen LogP contribution in [0.2, 0.25) is 0 Å². The second-order valence-electron chi connectivity index (χ2n) is 6.20. The molecule has 0 amide bonds. The number of anilines is 2. The van der Waals surface area contributed by atoms with Gasteiger partial charge >= 0.3 is 0 Å². The Morgan fingerprint density at radius 1 is 1.08 bits per heavy atom. The molecular formula is C19H15FN2O2S2. The molecule has 0 fully saturated rings. The lowest BCUT2D eigenvalue weighted by molar-refractivity contribution is 0.601. The van der Waals surface area contributed by atoms with Crippen molar-refractivity contribution in [1.29, 1.82) is 0 Å². The average Bonchev–Trinajstić information content (AvgIpc) is 2.90. The van der Waals surface area contributed by atoms with Crippen LogP contribution >= 0.6 is 11.3 Å². The van der Waals surface area contributed by atoms with Crippen molar-refractivity contribution in [2.75, 3.05) is 11.6 Å². The van der Waals surface area contributed by atoms with Crippen molar-refractivity contribution in [2.24, 2.45) is 0 Å². The highest BCUT2D eigenvalue weighted by Crippen LogP contribution is 2.35. The van der Waals surface area contributed by atoms with Crippen molar-refractivity contribution in [2.45, 2.75) is 5.75 Å². The summed E-state index contributed by atoms with van der Waals surface area (Å²) in [6.07, 6.45) is 2.98. The summed E-state index contributed by atoms with van der Waals surface area (Å²) >= 11 is 1.50. The van der Waals surface area contributed by atoms with Crippen molar-refractivity contribution in [3.05, 3.63) is 66.1 Å². The zero-order chi connectivity index (χ0) is 18.3. The Hall–Kier alpha value is -2.51. The van der Waals surface area contributed by atoms with E-state index in [1.807, 2.05) is 18.2 Å². The number of nitrogens with one attached hydrogen (secondary N) is 1. The zero-order valence-corrected chi connectivity index (χ0v) is 15.5. The van der Waals surface area contributed by atoms with E-state index in [0.717, 1.165) is 31.4 Å². The minimum absolute atomic E-state index is 0.00425. The number of sulfone groups is 1. The monoisotopic (exact) mass is 386 g/mol. The Morgan fingerprint density at radius 2 is 1.92 bits per heavy atom. The number of nitrogens with zero attached hydrogens (tertiary/aromatic N) is 1. The summed E-state index contributed by atoms with van der Waals surface area (Å²) in [6, 6.07) is 13.9. The Balaban J connectivity index is 1.69. The van der Waals surface area contributed by atoms with Crippen LogP contribution in [0.5, 0.6) is 0 Å². The van der Waals surface area contributed by atoms with E-state index in [9.17, 15) is 12.8 Å². The number of benzene rings is 2. The molecule has 4 rings (SSSR count). The summed E-state index contributed by atoms with van der Waals surface area (Å²) in [5.41, 5.74) is 1.48. The molecule has 0 aliphatic rings. The maximum Gasteiger partial charge on any atom is 0.151 e. The lowest BCUT2D eigenvalue weighted by Gasteiger charge is -2.08.